The van der Waals surface area contributed by atoms with Crippen LogP contribution in [0.3, 0.4) is 0 Å². The van der Waals surface area contributed by atoms with E-state index in [1.54, 1.807) is 29.0 Å². The molecule has 0 aliphatic rings. The van der Waals surface area contributed by atoms with Crippen molar-refractivity contribution in [2.45, 2.75) is 6.54 Å². The molecule has 82 valence electrons. The molecule has 16 heavy (non-hydrogen) atoms. The normalized spacial score (nSPS) is 10.4. The molecule has 0 atom stereocenters. The first kappa shape index (κ1) is 11.1. The minimum atomic E-state index is -0.294. The fourth-order valence-corrected chi connectivity index (χ4v) is 1.92. The summed E-state index contributed by atoms with van der Waals surface area (Å²) in [5, 5.41) is 0. The van der Waals surface area contributed by atoms with E-state index in [4.69, 9.17) is 0 Å². The molecule has 1 heterocycles. The molecule has 2 aromatic rings. The van der Waals surface area contributed by atoms with Crippen LogP contribution in [-0.2, 0) is 6.54 Å². The van der Waals surface area contributed by atoms with Gasteiger partial charge in [0.15, 0.2) is 6.29 Å². The number of carbonyl (C=O) groups is 1. The standard InChI is InChI=1S/C12H9BrFNO/c13-12-9(3-1-5-11(12)14)7-15-6-2-4-10(15)8-16/h1-6,8H,7H2. The van der Waals surface area contributed by atoms with Crippen molar-refractivity contribution in [2.24, 2.45) is 0 Å². The molecule has 0 radical (unpaired) electrons. The van der Waals surface area contributed by atoms with E-state index in [9.17, 15) is 9.18 Å². The predicted octanol–water partition coefficient (Wildman–Crippen LogP) is 3.25. The molecule has 0 bridgehead atoms. The highest BCUT2D eigenvalue weighted by molar-refractivity contribution is 9.10. The van der Waals surface area contributed by atoms with E-state index in [0.29, 0.717) is 16.7 Å². The third-order valence-corrected chi connectivity index (χ3v) is 3.25. The maximum absolute atomic E-state index is 13.3. The summed E-state index contributed by atoms with van der Waals surface area (Å²) in [6, 6.07) is 8.38. The van der Waals surface area contributed by atoms with E-state index in [1.165, 1.54) is 6.07 Å². The van der Waals surface area contributed by atoms with Crippen LogP contribution < -0.4 is 0 Å². The summed E-state index contributed by atoms with van der Waals surface area (Å²) in [5.74, 6) is -0.294. The maximum Gasteiger partial charge on any atom is 0.166 e. The van der Waals surface area contributed by atoms with Gasteiger partial charge in [0.25, 0.3) is 0 Å². The highest BCUT2D eigenvalue weighted by Crippen LogP contribution is 2.21. The van der Waals surface area contributed by atoms with Crippen molar-refractivity contribution in [3.63, 3.8) is 0 Å². The summed E-state index contributed by atoms with van der Waals surface area (Å²) in [6.45, 7) is 0.472. The quantitative estimate of drug-likeness (QED) is 0.792. The van der Waals surface area contributed by atoms with E-state index >= 15 is 0 Å². The Morgan fingerprint density at radius 1 is 1.31 bits per heavy atom. The first-order valence-corrected chi connectivity index (χ1v) is 5.55. The van der Waals surface area contributed by atoms with Crippen LogP contribution in [0.2, 0.25) is 0 Å². The number of halogens is 2. The van der Waals surface area contributed by atoms with Gasteiger partial charge in [-0.1, -0.05) is 12.1 Å². The van der Waals surface area contributed by atoms with Gasteiger partial charge in [0.05, 0.1) is 10.2 Å². The van der Waals surface area contributed by atoms with Crippen molar-refractivity contribution in [3.05, 3.63) is 58.1 Å². The van der Waals surface area contributed by atoms with Gasteiger partial charge in [0.1, 0.15) is 5.82 Å². The zero-order chi connectivity index (χ0) is 11.5. The first-order chi connectivity index (χ1) is 7.72. The number of aromatic nitrogens is 1. The Hall–Kier alpha value is -1.42. The van der Waals surface area contributed by atoms with Gasteiger partial charge in [0.2, 0.25) is 0 Å². The van der Waals surface area contributed by atoms with Crippen molar-refractivity contribution < 1.29 is 9.18 Å². The molecule has 0 saturated heterocycles. The molecule has 0 fully saturated rings. The van der Waals surface area contributed by atoms with Crippen molar-refractivity contribution in [2.75, 3.05) is 0 Å². The second-order valence-corrected chi connectivity index (χ2v) is 4.18. The SMILES string of the molecule is O=Cc1cccn1Cc1cccc(F)c1Br. The van der Waals surface area contributed by atoms with Crippen LogP contribution in [0.4, 0.5) is 4.39 Å². The molecular formula is C12H9BrFNO. The van der Waals surface area contributed by atoms with E-state index in [-0.39, 0.29) is 5.82 Å². The number of benzene rings is 1. The molecule has 0 aliphatic heterocycles. The van der Waals surface area contributed by atoms with E-state index in [2.05, 4.69) is 15.9 Å². The lowest BCUT2D eigenvalue weighted by Gasteiger charge is -2.08. The maximum atomic E-state index is 13.3. The molecule has 4 heteroatoms. The Labute approximate surface area is 101 Å². The third-order valence-electron chi connectivity index (χ3n) is 2.36. The lowest BCUT2D eigenvalue weighted by molar-refractivity contribution is 0.111. The molecule has 1 aromatic carbocycles. The van der Waals surface area contributed by atoms with Crippen LogP contribution in [0.1, 0.15) is 16.1 Å². The summed E-state index contributed by atoms with van der Waals surface area (Å²) in [5.41, 5.74) is 1.38. The highest BCUT2D eigenvalue weighted by Gasteiger charge is 2.07. The van der Waals surface area contributed by atoms with Gasteiger partial charge in [-0.3, -0.25) is 4.79 Å². The van der Waals surface area contributed by atoms with E-state index < -0.39 is 0 Å². The second kappa shape index (κ2) is 4.61. The Morgan fingerprint density at radius 2 is 2.12 bits per heavy atom. The lowest BCUT2D eigenvalue weighted by Crippen LogP contribution is -2.03. The van der Waals surface area contributed by atoms with Crippen LogP contribution in [0, 0.1) is 5.82 Å². The molecule has 0 spiro atoms. The van der Waals surface area contributed by atoms with E-state index in [1.807, 2.05) is 6.07 Å². The average Bonchev–Trinajstić information content (AvgIpc) is 2.72. The van der Waals surface area contributed by atoms with Gasteiger partial charge in [0, 0.05) is 12.7 Å². The summed E-state index contributed by atoms with van der Waals surface area (Å²) in [6.07, 6.45) is 2.58. The van der Waals surface area contributed by atoms with Gasteiger partial charge in [-0.25, -0.2) is 4.39 Å². The fraction of sp³-hybridized carbons (Fsp3) is 0.0833. The number of aldehydes is 1. The van der Waals surface area contributed by atoms with Crippen LogP contribution in [0.15, 0.2) is 41.0 Å². The number of rotatable bonds is 3. The summed E-state index contributed by atoms with van der Waals surface area (Å²) < 4.78 is 15.5. The van der Waals surface area contributed by atoms with Crippen LogP contribution in [-0.4, -0.2) is 10.9 Å². The topological polar surface area (TPSA) is 22.0 Å². The smallest absolute Gasteiger partial charge is 0.166 e. The number of hydrogen-bond acceptors (Lipinski definition) is 1. The van der Waals surface area contributed by atoms with Gasteiger partial charge in [-0.2, -0.15) is 0 Å². The minimum absolute atomic E-state index is 0.294. The number of carbonyl (C=O) groups excluding carboxylic acids is 1. The molecule has 0 saturated carbocycles. The number of hydrogen-bond donors (Lipinski definition) is 0. The third kappa shape index (κ3) is 2.07. The van der Waals surface area contributed by atoms with Crippen molar-refractivity contribution in [3.8, 4) is 0 Å². The molecule has 0 N–H and O–H groups in total. The molecule has 2 rings (SSSR count). The van der Waals surface area contributed by atoms with Crippen LogP contribution in [0.5, 0.6) is 0 Å². The Balaban J connectivity index is 2.34. The summed E-state index contributed by atoms with van der Waals surface area (Å²) in [4.78, 5) is 10.7. The summed E-state index contributed by atoms with van der Waals surface area (Å²) in [7, 11) is 0. The van der Waals surface area contributed by atoms with Gasteiger partial charge in [-0.05, 0) is 39.7 Å². The van der Waals surface area contributed by atoms with E-state index in [0.717, 1.165) is 11.8 Å². The molecular weight excluding hydrogens is 273 g/mol. The largest absolute Gasteiger partial charge is 0.341 e. The highest BCUT2D eigenvalue weighted by atomic mass is 79.9. The molecule has 0 amide bonds. The fourth-order valence-electron chi connectivity index (χ4n) is 1.53. The Bertz CT molecular complexity index is 521. The monoisotopic (exact) mass is 281 g/mol. The number of nitrogens with zero attached hydrogens (tertiary/aromatic N) is 1. The summed E-state index contributed by atoms with van der Waals surface area (Å²) >= 11 is 3.20. The Kier molecular flexibility index (Phi) is 3.19. The minimum Gasteiger partial charge on any atom is -0.341 e. The second-order valence-electron chi connectivity index (χ2n) is 3.39. The molecule has 0 unspecified atom stereocenters. The van der Waals surface area contributed by atoms with Crippen molar-refractivity contribution >= 4 is 22.2 Å². The van der Waals surface area contributed by atoms with Crippen LogP contribution in [0.25, 0.3) is 0 Å². The molecule has 1 aromatic heterocycles. The first-order valence-electron chi connectivity index (χ1n) is 4.75. The van der Waals surface area contributed by atoms with Crippen LogP contribution >= 0.6 is 15.9 Å². The lowest BCUT2D eigenvalue weighted by atomic mass is 10.2. The molecule has 2 nitrogen and oxygen atoms in total. The van der Waals surface area contributed by atoms with Gasteiger partial charge >= 0.3 is 0 Å². The average molecular weight is 282 g/mol. The predicted molar refractivity (Wildman–Crippen MR) is 63.0 cm³/mol. The zero-order valence-electron chi connectivity index (χ0n) is 8.36. The zero-order valence-corrected chi connectivity index (χ0v) is 9.95. The van der Waals surface area contributed by atoms with Gasteiger partial charge in [-0.15, -0.1) is 0 Å². The van der Waals surface area contributed by atoms with Gasteiger partial charge < -0.3 is 4.57 Å². The van der Waals surface area contributed by atoms with Crippen molar-refractivity contribution in [1.29, 1.82) is 0 Å². The van der Waals surface area contributed by atoms with Crippen molar-refractivity contribution in [1.82, 2.24) is 4.57 Å². The molecule has 0 aliphatic carbocycles. The Morgan fingerprint density at radius 3 is 2.88 bits per heavy atom.